The van der Waals surface area contributed by atoms with Crippen LogP contribution in [0.4, 0.5) is 5.69 Å². The summed E-state index contributed by atoms with van der Waals surface area (Å²) in [4.78, 5) is 0. The van der Waals surface area contributed by atoms with E-state index < -0.39 is 0 Å². The van der Waals surface area contributed by atoms with E-state index in [1.54, 1.807) is 18.2 Å². The summed E-state index contributed by atoms with van der Waals surface area (Å²) in [7, 11) is 0. The Morgan fingerprint density at radius 1 is 1.30 bits per heavy atom. The Labute approximate surface area is 122 Å². The molecule has 1 atom stereocenters. The molecule has 3 rings (SSSR count). The van der Waals surface area contributed by atoms with Gasteiger partial charge < -0.3 is 10.4 Å². The highest BCUT2D eigenvalue weighted by atomic mass is 35.5. The Bertz CT molecular complexity index is 706. The van der Waals surface area contributed by atoms with Crippen LogP contribution in [0.15, 0.2) is 36.4 Å². The van der Waals surface area contributed by atoms with E-state index in [1.807, 2.05) is 24.3 Å². The van der Waals surface area contributed by atoms with Crippen LogP contribution in [-0.4, -0.2) is 5.11 Å². The van der Waals surface area contributed by atoms with Crippen molar-refractivity contribution in [3.63, 3.8) is 0 Å². The van der Waals surface area contributed by atoms with Crippen molar-refractivity contribution in [2.45, 2.75) is 18.9 Å². The number of anilines is 1. The van der Waals surface area contributed by atoms with Crippen LogP contribution < -0.4 is 5.32 Å². The highest BCUT2D eigenvalue weighted by Gasteiger charge is 2.24. The maximum absolute atomic E-state index is 9.84. The minimum absolute atomic E-state index is 0.168. The molecule has 0 aliphatic heterocycles. The van der Waals surface area contributed by atoms with Gasteiger partial charge in [0.05, 0.1) is 16.6 Å². The number of halogens is 1. The van der Waals surface area contributed by atoms with E-state index in [1.165, 1.54) is 0 Å². The average Bonchev–Trinajstić information content (AvgIpc) is 2.84. The smallest absolute Gasteiger partial charge is 0.119 e. The summed E-state index contributed by atoms with van der Waals surface area (Å²) in [6.45, 7) is 0. The number of nitriles is 1. The topological polar surface area (TPSA) is 56.0 Å². The molecule has 1 aliphatic rings. The van der Waals surface area contributed by atoms with Crippen LogP contribution in [-0.2, 0) is 6.42 Å². The lowest BCUT2D eigenvalue weighted by atomic mass is 10.1. The van der Waals surface area contributed by atoms with Gasteiger partial charge in [0.1, 0.15) is 11.8 Å². The van der Waals surface area contributed by atoms with Gasteiger partial charge in [0.25, 0.3) is 0 Å². The number of phenolic OH excluding ortho intramolecular Hbond substituents is 1. The zero-order valence-corrected chi connectivity index (χ0v) is 11.5. The van der Waals surface area contributed by atoms with Gasteiger partial charge in [-0.3, -0.25) is 0 Å². The molecule has 0 saturated heterocycles. The van der Waals surface area contributed by atoms with Crippen molar-refractivity contribution in [2.75, 3.05) is 5.32 Å². The predicted octanol–water partition coefficient (Wildman–Crippen LogP) is 4.02. The molecule has 0 radical (unpaired) electrons. The fourth-order valence-electron chi connectivity index (χ4n) is 2.68. The first-order chi connectivity index (χ1) is 9.69. The average molecular weight is 285 g/mol. The van der Waals surface area contributed by atoms with Crippen molar-refractivity contribution < 1.29 is 5.11 Å². The first-order valence-corrected chi connectivity index (χ1v) is 6.84. The van der Waals surface area contributed by atoms with Gasteiger partial charge in [0.15, 0.2) is 0 Å². The van der Waals surface area contributed by atoms with E-state index in [4.69, 9.17) is 16.9 Å². The normalized spacial score (nSPS) is 16.5. The molecule has 0 heterocycles. The van der Waals surface area contributed by atoms with Gasteiger partial charge in [0, 0.05) is 5.69 Å². The van der Waals surface area contributed by atoms with E-state index in [2.05, 4.69) is 5.32 Å². The molecule has 2 N–H and O–H groups in total. The quantitative estimate of drug-likeness (QED) is 0.876. The van der Waals surface area contributed by atoms with Crippen LogP contribution in [0, 0.1) is 11.3 Å². The number of aromatic hydroxyl groups is 1. The summed E-state index contributed by atoms with van der Waals surface area (Å²) < 4.78 is 0. The van der Waals surface area contributed by atoms with Crippen molar-refractivity contribution in [3.05, 3.63) is 58.1 Å². The highest BCUT2D eigenvalue weighted by molar-refractivity contribution is 6.32. The molecule has 100 valence electrons. The lowest BCUT2D eigenvalue weighted by molar-refractivity contribution is 0.469. The second-order valence-electron chi connectivity index (χ2n) is 4.89. The van der Waals surface area contributed by atoms with E-state index in [0.29, 0.717) is 16.3 Å². The summed E-state index contributed by atoms with van der Waals surface area (Å²) in [6.07, 6.45) is 1.80. The summed E-state index contributed by atoms with van der Waals surface area (Å²) in [6, 6.07) is 13.2. The van der Waals surface area contributed by atoms with Crippen LogP contribution in [0.25, 0.3) is 0 Å². The van der Waals surface area contributed by atoms with Crippen molar-refractivity contribution in [3.8, 4) is 11.8 Å². The number of hydrogen-bond acceptors (Lipinski definition) is 3. The lowest BCUT2D eigenvalue weighted by Crippen LogP contribution is -2.07. The number of nitrogens with one attached hydrogen (secondary N) is 1. The van der Waals surface area contributed by atoms with Crippen LogP contribution in [0.1, 0.15) is 29.2 Å². The number of fused-ring (bicyclic) bond motifs is 1. The zero-order valence-electron chi connectivity index (χ0n) is 10.7. The van der Waals surface area contributed by atoms with E-state index >= 15 is 0 Å². The third-order valence-corrected chi connectivity index (χ3v) is 3.99. The third kappa shape index (κ3) is 2.19. The molecule has 1 unspecified atom stereocenters. The molecule has 1 aliphatic carbocycles. The van der Waals surface area contributed by atoms with Crippen LogP contribution in [0.3, 0.4) is 0 Å². The number of nitrogens with zero attached hydrogens (tertiary/aromatic N) is 1. The lowest BCUT2D eigenvalue weighted by Gasteiger charge is -2.16. The molecule has 0 fully saturated rings. The van der Waals surface area contributed by atoms with Gasteiger partial charge >= 0.3 is 0 Å². The summed E-state index contributed by atoms with van der Waals surface area (Å²) in [5, 5.41) is 22.6. The molecular weight excluding hydrogens is 272 g/mol. The molecule has 2 aromatic rings. The molecule has 0 saturated carbocycles. The molecule has 0 amide bonds. The van der Waals surface area contributed by atoms with E-state index in [0.717, 1.165) is 29.7 Å². The van der Waals surface area contributed by atoms with E-state index in [-0.39, 0.29) is 6.04 Å². The molecular formula is C16H13ClN2O. The van der Waals surface area contributed by atoms with Crippen molar-refractivity contribution >= 4 is 17.3 Å². The van der Waals surface area contributed by atoms with Gasteiger partial charge in [-0.1, -0.05) is 23.7 Å². The van der Waals surface area contributed by atoms with Crippen LogP contribution in [0.5, 0.6) is 5.75 Å². The van der Waals surface area contributed by atoms with Crippen LogP contribution in [0.2, 0.25) is 5.02 Å². The van der Waals surface area contributed by atoms with E-state index in [9.17, 15) is 5.11 Å². The molecule has 0 aromatic heterocycles. The minimum Gasteiger partial charge on any atom is -0.508 e. The Balaban J connectivity index is 1.86. The summed E-state index contributed by atoms with van der Waals surface area (Å²) in [5.74, 6) is 0.365. The maximum Gasteiger partial charge on any atom is 0.119 e. The van der Waals surface area contributed by atoms with Gasteiger partial charge in [-0.2, -0.15) is 5.26 Å². The fraction of sp³-hybridized carbons (Fsp3) is 0.188. The standard InChI is InChI=1S/C16H13ClN2O/c17-14-8-11(5-4-10(14)9-18)19-15-7-6-13-12(15)2-1-3-16(13)20/h1-5,8,15,19-20H,6-7H2. The Kier molecular flexibility index (Phi) is 3.25. The molecule has 0 bridgehead atoms. The first kappa shape index (κ1) is 12.8. The predicted molar refractivity (Wildman–Crippen MR) is 79.0 cm³/mol. The molecule has 4 heteroatoms. The highest BCUT2D eigenvalue weighted by Crippen LogP contribution is 2.38. The van der Waals surface area contributed by atoms with Gasteiger partial charge in [-0.05, 0) is 48.2 Å². The molecule has 0 spiro atoms. The zero-order chi connectivity index (χ0) is 14.1. The van der Waals surface area contributed by atoms with Gasteiger partial charge in [0.2, 0.25) is 0 Å². The SMILES string of the molecule is N#Cc1ccc(NC2CCc3c(O)cccc32)cc1Cl. The monoisotopic (exact) mass is 284 g/mol. The number of phenols is 1. The van der Waals surface area contributed by atoms with Crippen LogP contribution >= 0.6 is 11.6 Å². The number of hydrogen-bond donors (Lipinski definition) is 2. The van der Waals surface area contributed by atoms with Crippen molar-refractivity contribution in [2.24, 2.45) is 0 Å². The molecule has 3 nitrogen and oxygen atoms in total. The van der Waals surface area contributed by atoms with Crippen molar-refractivity contribution in [1.82, 2.24) is 0 Å². The Morgan fingerprint density at radius 2 is 2.15 bits per heavy atom. The number of rotatable bonds is 2. The molecule has 2 aromatic carbocycles. The largest absolute Gasteiger partial charge is 0.508 e. The Hall–Kier alpha value is -2.18. The third-order valence-electron chi connectivity index (χ3n) is 3.68. The maximum atomic E-state index is 9.84. The second kappa shape index (κ2) is 5.07. The van der Waals surface area contributed by atoms with Gasteiger partial charge in [-0.15, -0.1) is 0 Å². The summed E-state index contributed by atoms with van der Waals surface area (Å²) in [5.41, 5.74) is 3.51. The second-order valence-corrected chi connectivity index (χ2v) is 5.29. The fourth-order valence-corrected chi connectivity index (χ4v) is 2.90. The number of benzene rings is 2. The summed E-state index contributed by atoms with van der Waals surface area (Å²) >= 11 is 6.04. The first-order valence-electron chi connectivity index (χ1n) is 6.46. The van der Waals surface area contributed by atoms with Gasteiger partial charge in [-0.25, -0.2) is 0 Å². The Morgan fingerprint density at radius 3 is 2.90 bits per heavy atom. The molecule has 20 heavy (non-hydrogen) atoms. The minimum atomic E-state index is 0.168. The van der Waals surface area contributed by atoms with Crippen molar-refractivity contribution in [1.29, 1.82) is 5.26 Å².